The van der Waals surface area contributed by atoms with E-state index in [0.717, 1.165) is 0 Å². The third kappa shape index (κ3) is 6.29. The Morgan fingerprint density at radius 2 is 1.52 bits per heavy atom. The number of anilines is 1. The number of sulfonamides is 1. The molecule has 0 radical (unpaired) electrons. The van der Waals surface area contributed by atoms with Crippen molar-refractivity contribution in [3.05, 3.63) is 42.0 Å². The van der Waals surface area contributed by atoms with Crippen molar-refractivity contribution in [2.24, 2.45) is 0 Å². The maximum absolute atomic E-state index is 12.6. The van der Waals surface area contributed by atoms with Gasteiger partial charge in [-0.1, -0.05) is 0 Å². The lowest BCUT2D eigenvalue weighted by Gasteiger charge is -2.15. The number of rotatable bonds is 8. The van der Waals surface area contributed by atoms with Gasteiger partial charge in [0.15, 0.2) is 16.6 Å². The summed E-state index contributed by atoms with van der Waals surface area (Å²) in [6.07, 6.45) is 0. The summed E-state index contributed by atoms with van der Waals surface area (Å²) in [6.45, 7) is 3.48. The van der Waals surface area contributed by atoms with E-state index in [4.69, 9.17) is 26.4 Å². The molecule has 9 nitrogen and oxygen atoms in total. The molecule has 3 N–H and O–H groups in total. The molecule has 0 fully saturated rings. The van der Waals surface area contributed by atoms with Gasteiger partial charge in [-0.15, -0.1) is 0 Å². The molecular weight excluding hydrogens is 442 g/mol. The van der Waals surface area contributed by atoms with Crippen LogP contribution in [0, 0.1) is 0 Å². The van der Waals surface area contributed by atoms with E-state index in [1.165, 1.54) is 45.6 Å². The molecule has 0 aliphatic rings. The number of ether oxygens (including phenoxy) is 3. The molecule has 0 saturated heterocycles. The van der Waals surface area contributed by atoms with Crippen molar-refractivity contribution >= 4 is 38.9 Å². The zero-order chi connectivity index (χ0) is 23.2. The Hall–Kier alpha value is -2.89. The average molecular weight is 468 g/mol. The zero-order valence-corrected chi connectivity index (χ0v) is 19.4. The predicted molar refractivity (Wildman–Crippen MR) is 122 cm³/mol. The Kier molecular flexibility index (Phi) is 8.20. The van der Waals surface area contributed by atoms with Crippen molar-refractivity contribution in [1.82, 2.24) is 10.0 Å². The summed E-state index contributed by atoms with van der Waals surface area (Å²) >= 11 is 5.19. The van der Waals surface area contributed by atoms with Crippen molar-refractivity contribution in [3.8, 4) is 17.2 Å². The highest BCUT2D eigenvalue weighted by molar-refractivity contribution is 7.89. The Morgan fingerprint density at radius 1 is 0.968 bits per heavy atom. The standard InChI is InChI=1S/C20H25N3O6S2/c1-12(2)23-31(25,26)15-8-6-14(7-9-15)21-20(30)22-19(24)13-10-16(27-3)18(29-5)17(11-13)28-4/h6-12,23H,1-5H3,(H2,21,22,24,30). The lowest BCUT2D eigenvalue weighted by molar-refractivity contribution is 0.0977. The molecule has 0 unspecified atom stereocenters. The average Bonchev–Trinajstić information content (AvgIpc) is 2.71. The van der Waals surface area contributed by atoms with Gasteiger partial charge in [0.2, 0.25) is 15.8 Å². The molecule has 11 heteroatoms. The molecule has 0 aliphatic heterocycles. The highest BCUT2D eigenvalue weighted by Gasteiger charge is 2.18. The summed E-state index contributed by atoms with van der Waals surface area (Å²) in [4.78, 5) is 12.7. The molecule has 2 aromatic carbocycles. The molecule has 2 aromatic rings. The Bertz CT molecular complexity index is 1030. The summed E-state index contributed by atoms with van der Waals surface area (Å²) < 4.78 is 42.6. The van der Waals surface area contributed by atoms with Crippen molar-refractivity contribution in [3.63, 3.8) is 0 Å². The van der Waals surface area contributed by atoms with Crippen molar-refractivity contribution in [2.75, 3.05) is 26.6 Å². The molecular formula is C20H25N3O6S2. The van der Waals surface area contributed by atoms with Crippen LogP contribution in [0.1, 0.15) is 24.2 Å². The van der Waals surface area contributed by atoms with Gasteiger partial charge >= 0.3 is 0 Å². The summed E-state index contributed by atoms with van der Waals surface area (Å²) in [6, 6.07) is 8.76. The molecule has 0 aliphatic carbocycles. The number of thiocarbonyl (C=S) groups is 1. The fraction of sp³-hybridized carbons (Fsp3) is 0.300. The first-order chi connectivity index (χ1) is 14.6. The van der Waals surface area contributed by atoms with E-state index in [1.807, 2.05) is 0 Å². The van der Waals surface area contributed by atoms with Gasteiger partial charge < -0.3 is 19.5 Å². The second-order valence-corrected chi connectivity index (χ2v) is 8.74. The first-order valence-corrected chi connectivity index (χ1v) is 11.0. The second kappa shape index (κ2) is 10.4. The molecule has 0 atom stereocenters. The van der Waals surface area contributed by atoms with Crippen LogP contribution in [-0.4, -0.2) is 46.8 Å². The summed E-state index contributed by atoms with van der Waals surface area (Å²) in [5.74, 6) is 0.539. The molecule has 168 valence electrons. The normalized spacial score (nSPS) is 11.0. The molecule has 0 saturated carbocycles. The maximum atomic E-state index is 12.6. The van der Waals surface area contributed by atoms with Gasteiger partial charge in [-0.2, -0.15) is 0 Å². The lowest BCUT2D eigenvalue weighted by atomic mass is 10.1. The fourth-order valence-corrected chi connectivity index (χ4v) is 4.11. The Morgan fingerprint density at radius 3 is 1.97 bits per heavy atom. The highest BCUT2D eigenvalue weighted by atomic mass is 32.2. The number of amides is 1. The van der Waals surface area contributed by atoms with Crippen molar-refractivity contribution in [2.45, 2.75) is 24.8 Å². The Labute approximate surface area is 187 Å². The summed E-state index contributed by atoms with van der Waals surface area (Å²) in [7, 11) is 0.774. The van der Waals surface area contributed by atoms with Crippen LogP contribution in [-0.2, 0) is 10.0 Å². The number of carbonyl (C=O) groups excluding carboxylic acids is 1. The molecule has 0 spiro atoms. The second-order valence-electron chi connectivity index (χ2n) is 6.62. The van der Waals surface area contributed by atoms with E-state index < -0.39 is 15.9 Å². The third-order valence-electron chi connectivity index (χ3n) is 3.97. The maximum Gasteiger partial charge on any atom is 0.257 e. The van der Waals surface area contributed by atoms with Crippen LogP contribution in [0.15, 0.2) is 41.3 Å². The van der Waals surface area contributed by atoms with E-state index in [1.54, 1.807) is 26.0 Å². The minimum Gasteiger partial charge on any atom is -0.493 e. The van der Waals surface area contributed by atoms with Gasteiger partial charge in [0.05, 0.1) is 26.2 Å². The van der Waals surface area contributed by atoms with E-state index in [-0.39, 0.29) is 21.6 Å². The van der Waals surface area contributed by atoms with Crippen LogP contribution < -0.4 is 29.6 Å². The SMILES string of the molecule is COc1cc(C(=O)NC(=S)Nc2ccc(S(=O)(=O)NC(C)C)cc2)cc(OC)c1OC. The first kappa shape index (κ1) is 24.4. The topological polar surface area (TPSA) is 115 Å². The molecule has 2 rings (SSSR count). The molecule has 31 heavy (non-hydrogen) atoms. The van der Waals surface area contributed by atoms with E-state index in [0.29, 0.717) is 22.9 Å². The van der Waals surface area contributed by atoms with Crippen LogP contribution in [0.2, 0.25) is 0 Å². The monoisotopic (exact) mass is 467 g/mol. The number of benzene rings is 2. The number of nitrogens with one attached hydrogen (secondary N) is 3. The minimum atomic E-state index is -3.59. The lowest BCUT2D eigenvalue weighted by Crippen LogP contribution is -2.34. The predicted octanol–water partition coefficient (Wildman–Crippen LogP) is 2.53. The van der Waals surface area contributed by atoms with Crippen LogP contribution in [0.25, 0.3) is 0 Å². The van der Waals surface area contributed by atoms with Gasteiger partial charge in [0.25, 0.3) is 5.91 Å². The van der Waals surface area contributed by atoms with E-state index in [9.17, 15) is 13.2 Å². The third-order valence-corrected chi connectivity index (χ3v) is 5.85. The van der Waals surface area contributed by atoms with Crippen molar-refractivity contribution in [1.29, 1.82) is 0 Å². The van der Waals surface area contributed by atoms with Crippen LogP contribution in [0.5, 0.6) is 17.2 Å². The first-order valence-electron chi connectivity index (χ1n) is 9.16. The number of methoxy groups -OCH3 is 3. The minimum absolute atomic E-state index is 0.0367. The van der Waals surface area contributed by atoms with Crippen LogP contribution in [0.3, 0.4) is 0 Å². The molecule has 0 aromatic heterocycles. The van der Waals surface area contributed by atoms with Crippen LogP contribution in [0.4, 0.5) is 5.69 Å². The van der Waals surface area contributed by atoms with Crippen molar-refractivity contribution < 1.29 is 27.4 Å². The smallest absolute Gasteiger partial charge is 0.257 e. The van der Waals surface area contributed by atoms with Gasteiger partial charge in [-0.3, -0.25) is 10.1 Å². The molecule has 0 bridgehead atoms. The number of carbonyl (C=O) groups is 1. The van der Waals surface area contributed by atoms with Gasteiger partial charge in [-0.05, 0) is 62.5 Å². The van der Waals surface area contributed by atoms with E-state index in [2.05, 4.69) is 15.4 Å². The summed E-state index contributed by atoms with van der Waals surface area (Å²) in [5, 5.41) is 5.43. The Balaban J connectivity index is 2.10. The quantitative estimate of drug-likeness (QED) is 0.508. The summed E-state index contributed by atoms with van der Waals surface area (Å²) in [5.41, 5.74) is 0.763. The zero-order valence-electron chi connectivity index (χ0n) is 17.8. The molecule has 1 amide bonds. The molecule has 0 heterocycles. The number of hydrogen-bond acceptors (Lipinski definition) is 7. The van der Waals surface area contributed by atoms with Gasteiger partial charge in [0.1, 0.15) is 0 Å². The largest absolute Gasteiger partial charge is 0.493 e. The van der Waals surface area contributed by atoms with E-state index >= 15 is 0 Å². The van der Waals surface area contributed by atoms with Crippen LogP contribution >= 0.6 is 12.2 Å². The fourth-order valence-electron chi connectivity index (χ4n) is 2.65. The van der Waals surface area contributed by atoms with Gasteiger partial charge in [0, 0.05) is 17.3 Å². The highest BCUT2D eigenvalue weighted by Crippen LogP contribution is 2.38. The van der Waals surface area contributed by atoms with Gasteiger partial charge in [-0.25, -0.2) is 13.1 Å². The number of hydrogen-bond donors (Lipinski definition) is 3.